The SMILES string of the molecule is C/C(=C\CO)c1ccco1. The molecule has 0 aliphatic rings. The van der Waals surface area contributed by atoms with Crippen molar-refractivity contribution in [2.24, 2.45) is 0 Å². The average molecular weight is 138 g/mol. The van der Waals surface area contributed by atoms with E-state index < -0.39 is 0 Å². The highest BCUT2D eigenvalue weighted by molar-refractivity contribution is 5.58. The van der Waals surface area contributed by atoms with E-state index in [0.29, 0.717) is 0 Å². The van der Waals surface area contributed by atoms with Gasteiger partial charge in [-0.15, -0.1) is 0 Å². The van der Waals surface area contributed by atoms with E-state index in [-0.39, 0.29) is 6.61 Å². The second-order valence-corrected chi connectivity index (χ2v) is 2.05. The van der Waals surface area contributed by atoms with Gasteiger partial charge in [-0.05, 0) is 24.6 Å². The molecule has 0 radical (unpaired) electrons. The van der Waals surface area contributed by atoms with Crippen molar-refractivity contribution in [2.45, 2.75) is 6.92 Å². The van der Waals surface area contributed by atoms with Gasteiger partial charge >= 0.3 is 0 Å². The molecule has 0 aliphatic heterocycles. The van der Waals surface area contributed by atoms with Crippen LogP contribution in [0, 0.1) is 0 Å². The lowest BCUT2D eigenvalue weighted by Crippen LogP contribution is -1.77. The summed E-state index contributed by atoms with van der Waals surface area (Å²) in [5.74, 6) is 0.814. The first-order valence-electron chi connectivity index (χ1n) is 3.16. The van der Waals surface area contributed by atoms with Crippen LogP contribution in [0.5, 0.6) is 0 Å². The van der Waals surface area contributed by atoms with Gasteiger partial charge in [0.25, 0.3) is 0 Å². The summed E-state index contributed by atoms with van der Waals surface area (Å²) in [6.45, 7) is 1.96. The van der Waals surface area contributed by atoms with Crippen LogP contribution in [0.25, 0.3) is 5.57 Å². The van der Waals surface area contributed by atoms with E-state index in [2.05, 4.69) is 0 Å². The van der Waals surface area contributed by atoms with Gasteiger partial charge in [0.1, 0.15) is 5.76 Å². The molecule has 0 saturated carbocycles. The molecular formula is C8H10O2. The third-order valence-electron chi connectivity index (χ3n) is 1.31. The fourth-order valence-electron chi connectivity index (χ4n) is 0.740. The lowest BCUT2D eigenvalue weighted by atomic mass is 10.2. The zero-order valence-electron chi connectivity index (χ0n) is 5.87. The Balaban J connectivity index is 2.77. The van der Waals surface area contributed by atoms with Gasteiger partial charge in [-0.1, -0.05) is 6.08 Å². The highest BCUT2D eigenvalue weighted by Gasteiger charge is 1.94. The zero-order chi connectivity index (χ0) is 7.40. The Morgan fingerprint density at radius 3 is 3.10 bits per heavy atom. The smallest absolute Gasteiger partial charge is 0.129 e. The molecule has 1 heterocycles. The quantitative estimate of drug-likeness (QED) is 0.674. The first-order valence-corrected chi connectivity index (χ1v) is 3.16. The summed E-state index contributed by atoms with van der Waals surface area (Å²) in [4.78, 5) is 0. The third-order valence-corrected chi connectivity index (χ3v) is 1.31. The maximum atomic E-state index is 8.52. The van der Waals surface area contributed by atoms with E-state index in [1.54, 1.807) is 12.3 Å². The maximum Gasteiger partial charge on any atom is 0.129 e. The van der Waals surface area contributed by atoms with Gasteiger partial charge in [-0.25, -0.2) is 0 Å². The van der Waals surface area contributed by atoms with Gasteiger partial charge in [0, 0.05) is 0 Å². The fraction of sp³-hybridized carbons (Fsp3) is 0.250. The number of rotatable bonds is 2. The predicted octanol–water partition coefficient (Wildman–Crippen LogP) is 1.68. The summed E-state index contributed by atoms with van der Waals surface area (Å²) in [6, 6.07) is 3.69. The Labute approximate surface area is 59.8 Å². The Hall–Kier alpha value is -1.02. The highest BCUT2D eigenvalue weighted by atomic mass is 16.3. The zero-order valence-corrected chi connectivity index (χ0v) is 5.87. The molecule has 0 unspecified atom stereocenters. The predicted molar refractivity (Wildman–Crippen MR) is 39.4 cm³/mol. The summed E-state index contributed by atoms with van der Waals surface area (Å²) in [5.41, 5.74) is 0.965. The highest BCUT2D eigenvalue weighted by Crippen LogP contribution is 2.12. The van der Waals surface area contributed by atoms with Crippen LogP contribution in [0.1, 0.15) is 12.7 Å². The van der Waals surface area contributed by atoms with Crippen molar-refractivity contribution in [3.05, 3.63) is 30.2 Å². The molecule has 10 heavy (non-hydrogen) atoms. The first kappa shape index (κ1) is 7.09. The normalized spacial score (nSPS) is 12.0. The molecule has 2 nitrogen and oxygen atoms in total. The summed E-state index contributed by atoms with van der Waals surface area (Å²) < 4.78 is 5.07. The number of hydrogen-bond acceptors (Lipinski definition) is 2. The van der Waals surface area contributed by atoms with Gasteiger partial charge in [0.05, 0.1) is 12.9 Å². The topological polar surface area (TPSA) is 33.4 Å². The molecule has 0 aliphatic carbocycles. The molecule has 0 atom stereocenters. The molecule has 2 heteroatoms. The first-order chi connectivity index (χ1) is 4.84. The minimum absolute atomic E-state index is 0.0620. The lowest BCUT2D eigenvalue weighted by molar-refractivity contribution is 0.343. The number of aliphatic hydroxyl groups is 1. The third kappa shape index (κ3) is 1.48. The van der Waals surface area contributed by atoms with E-state index in [1.807, 2.05) is 19.1 Å². The van der Waals surface area contributed by atoms with Crippen LogP contribution < -0.4 is 0 Å². The molecule has 54 valence electrons. The molecule has 0 amide bonds. The monoisotopic (exact) mass is 138 g/mol. The molecule has 0 saturated heterocycles. The Bertz CT molecular complexity index is 209. The molecule has 1 aromatic heterocycles. The van der Waals surface area contributed by atoms with E-state index >= 15 is 0 Å². The van der Waals surface area contributed by atoms with Crippen LogP contribution >= 0.6 is 0 Å². The van der Waals surface area contributed by atoms with Gasteiger partial charge in [0.2, 0.25) is 0 Å². The summed E-state index contributed by atoms with van der Waals surface area (Å²) in [5, 5.41) is 8.52. The molecule has 1 N–H and O–H groups in total. The van der Waals surface area contributed by atoms with E-state index in [1.165, 1.54) is 0 Å². The second kappa shape index (κ2) is 3.22. The van der Waals surface area contributed by atoms with Crippen LogP contribution in [-0.2, 0) is 0 Å². The van der Waals surface area contributed by atoms with Crippen LogP contribution in [0.15, 0.2) is 28.9 Å². The van der Waals surface area contributed by atoms with Crippen molar-refractivity contribution in [3.8, 4) is 0 Å². The van der Waals surface area contributed by atoms with E-state index in [4.69, 9.17) is 9.52 Å². The van der Waals surface area contributed by atoms with Crippen molar-refractivity contribution in [1.29, 1.82) is 0 Å². The molecule has 0 bridgehead atoms. The van der Waals surface area contributed by atoms with Gasteiger partial charge < -0.3 is 9.52 Å². The lowest BCUT2D eigenvalue weighted by Gasteiger charge is -1.91. The van der Waals surface area contributed by atoms with E-state index in [9.17, 15) is 0 Å². The fourth-order valence-corrected chi connectivity index (χ4v) is 0.740. The molecule has 1 aromatic rings. The van der Waals surface area contributed by atoms with Gasteiger partial charge in [0.15, 0.2) is 0 Å². The second-order valence-electron chi connectivity index (χ2n) is 2.05. The summed E-state index contributed by atoms with van der Waals surface area (Å²) >= 11 is 0. The summed E-state index contributed by atoms with van der Waals surface area (Å²) in [6.07, 6.45) is 3.32. The van der Waals surface area contributed by atoms with Crippen LogP contribution in [0.3, 0.4) is 0 Å². The Morgan fingerprint density at radius 1 is 1.80 bits per heavy atom. The average Bonchev–Trinajstić information content (AvgIpc) is 2.38. The van der Waals surface area contributed by atoms with Crippen molar-refractivity contribution in [2.75, 3.05) is 6.61 Å². The number of furan rings is 1. The van der Waals surface area contributed by atoms with Crippen molar-refractivity contribution < 1.29 is 9.52 Å². The Kier molecular flexibility index (Phi) is 2.29. The number of allylic oxidation sites excluding steroid dienone is 1. The van der Waals surface area contributed by atoms with Crippen LogP contribution in [-0.4, -0.2) is 11.7 Å². The molecule has 1 rings (SSSR count). The minimum atomic E-state index is 0.0620. The van der Waals surface area contributed by atoms with Crippen LogP contribution in [0.2, 0.25) is 0 Å². The standard InChI is InChI=1S/C8H10O2/c1-7(4-5-9)8-3-2-6-10-8/h2-4,6,9H,5H2,1H3/b7-4+. The van der Waals surface area contributed by atoms with E-state index in [0.717, 1.165) is 11.3 Å². The molecule has 0 spiro atoms. The van der Waals surface area contributed by atoms with Crippen LogP contribution in [0.4, 0.5) is 0 Å². The van der Waals surface area contributed by atoms with Crippen molar-refractivity contribution >= 4 is 5.57 Å². The minimum Gasteiger partial charge on any atom is -0.465 e. The largest absolute Gasteiger partial charge is 0.465 e. The number of hydrogen-bond donors (Lipinski definition) is 1. The molecule has 0 aromatic carbocycles. The van der Waals surface area contributed by atoms with Crippen molar-refractivity contribution in [3.63, 3.8) is 0 Å². The van der Waals surface area contributed by atoms with Gasteiger partial charge in [-0.2, -0.15) is 0 Å². The van der Waals surface area contributed by atoms with Gasteiger partial charge in [-0.3, -0.25) is 0 Å². The van der Waals surface area contributed by atoms with Crippen molar-refractivity contribution in [1.82, 2.24) is 0 Å². The Morgan fingerprint density at radius 2 is 2.60 bits per heavy atom. The summed E-state index contributed by atoms with van der Waals surface area (Å²) in [7, 11) is 0. The maximum absolute atomic E-state index is 8.52. The molecular weight excluding hydrogens is 128 g/mol. The molecule has 0 fully saturated rings. The number of aliphatic hydroxyl groups excluding tert-OH is 1.